The first-order valence-electron chi connectivity index (χ1n) is 15.1. The van der Waals surface area contributed by atoms with Crippen molar-refractivity contribution >= 4 is 35.0 Å². The van der Waals surface area contributed by atoms with Gasteiger partial charge in [0.25, 0.3) is 0 Å². The molecule has 1 aliphatic heterocycles. The van der Waals surface area contributed by atoms with Crippen molar-refractivity contribution in [2.75, 3.05) is 18.4 Å². The highest BCUT2D eigenvalue weighted by Gasteiger charge is 2.35. The zero-order valence-corrected chi connectivity index (χ0v) is 26.0. The molecule has 0 radical (unpaired) electrons. The van der Waals surface area contributed by atoms with Crippen LogP contribution in [-0.2, 0) is 17.6 Å². The number of amides is 3. The Morgan fingerprint density at radius 2 is 1.57 bits per heavy atom. The first-order chi connectivity index (χ1) is 21.2. The summed E-state index contributed by atoms with van der Waals surface area (Å²) in [6, 6.07) is 23.6. The lowest BCUT2D eigenvalue weighted by Gasteiger charge is -2.37. The highest BCUT2D eigenvalue weighted by molar-refractivity contribution is 7.80. The second-order valence-corrected chi connectivity index (χ2v) is 12.0. The summed E-state index contributed by atoms with van der Waals surface area (Å²) in [6.07, 6.45) is 1.07. The van der Waals surface area contributed by atoms with Crippen molar-refractivity contribution in [3.63, 3.8) is 0 Å². The number of benzene rings is 3. The van der Waals surface area contributed by atoms with E-state index in [9.17, 15) is 19.1 Å². The quantitative estimate of drug-likeness (QED) is 0.179. The first kappa shape index (κ1) is 32.9. The Bertz CT molecular complexity index is 1360. The van der Waals surface area contributed by atoms with Crippen LogP contribution in [0.15, 0.2) is 84.9 Å². The van der Waals surface area contributed by atoms with Gasteiger partial charge in [0, 0.05) is 24.8 Å². The molecule has 44 heavy (non-hydrogen) atoms. The van der Waals surface area contributed by atoms with Gasteiger partial charge in [0.15, 0.2) is 5.11 Å². The topological polar surface area (TPSA) is 106 Å². The Hall–Kier alpha value is -4.02. The molecule has 0 aromatic heterocycles. The van der Waals surface area contributed by atoms with Gasteiger partial charge in [0.1, 0.15) is 11.9 Å². The molecule has 8 nitrogen and oxygen atoms in total. The van der Waals surface area contributed by atoms with E-state index in [0.29, 0.717) is 31.6 Å². The molecule has 4 rings (SSSR count). The molecule has 4 unspecified atom stereocenters. The Morgan fingerprint density at radius 1 is 0.955 bits per heavy atom. The van der Waals surface area contributed by atoms with E-state index in [1.54, 1.807) is 17.0 Å². The SMILES string of the molecule is CC(C)C(C(=O)NC(Cc1ccccc1)CC(O)C(Cc1ccccc1)NC(=S)Nc1ccc(F)cc1)N1CCCNC1=O. The molecule has 3 amide bonds. The standard InChI is InChI=1S/C34H42FN5O3S/c1-23(2)31(40-19-9-18-36-34(40)43)32(42)37-28(20-24-10-5-3-6-11-24)22-30(41)29(21-25-12-7-4-8-13-25)39-33(44)38-27-16-14-26(35)15-17-27/h3-8,10-17,23,28-31,41H,9,18-22H2,1-2H3,(H,36,43)(H,37,42)(H2,38,39,44). The molecule has 0 bridgehead atoms. The fourth-order valence-corrected chi connectivity index (χ4v) is 5.84. The van der Waals surface area contributed by atoms with E-state index < -0.39 is 24.2 Å². The number of anilines is 1. The molecule has 5 N–H and O–H groups in total. The monoisotopic (exact) mass is 619 g/mol. The Balaban J connectivity index is 1.53. The summed E-state index contributed by atoms with van der Waals surface area (Å²) < 4.78 is 13.4. The number of thiocarbonyl (C=S) groups is 1. The number of hydrogen-bond donors (Lipinski definition) is 5. The molecule has 1 fully saturated rings. The minimum Gasteiger partial charge on any atom is -0.391 e. The minimum absolute atomic E-state index is 0.108. The number of aliphatic hydroxyl groups is 1. The number of urea groups is 1. The van der Waals surface area contributed by atoms with E-state index in [4.69, 9.17) is 12.2 Å². The van der Waals surface area contributed by atoms with Crippen LogP contribution in [0.2, 0.25) is 0 Å². The molecule has 3 aromatic carbocycles. The third-order valence-electron chi connectivity index (χ3n) is 7.73. The second-order valence-electron chi connectivity index (χ2n) is 11.6. The number of nitrogens with one attached hydrogen (secondary N) is 4. The molecular formula is C34H42FN5O3S. The molecule has 4 atom stereocenters. The maximum absolute atomic E-state index is 13.8. The molecule has 1 heterocycles. The maximum Gasteiger partial charge on any atom is 0.318 e. The van der Waals surface area contributed by atoms with E-state index >= 15 is 0 Å². The lowest BCUT2D eigenvalue weighted by Crippen LogP contribution is -2.59. The van der Waals surface area contributed by atoms with Crippen LogP contribution < -0.4 is 21.3 Å². The predicted octanol–water partition coefficient (Wildman–Crippen LogP) is 4.64. The van der Waals surface area contributed by atoms with Gasteiger partial charge in [-0.15, -0.1) is 0 Å². The zero-order valence-electron chi connectivity index (χ0n) is 25.2. The summed E-state index contributed by atoms with van der Waals surface area (Å²) in [5, 5.41) is 24.3. The van der Waals surface area contributed by atoms with Crippen molar-refractivity contribution in [1.82, 2.24) is 20.9 Å². The highest BCUT2D eigenvalue weighted by Crippen LogP contribution is 2.18. The number of aliphatic hydroxyl groups excluding tert-OH is 1. The Labute approximate surface area is 264 Å². The van der Waals surface area contributed by atoms with Crippen LogP contribution >= 0.6 is 12.2 Å². The number of rotatable bonds is 13. The predicted molar refractivity (Wildman–Crippen MR) is 176 cm³/mol. The normalized spacial score (nSPS) is 15.9. The van der Waals surface area contributed by atoms with Gasteiger partial charge in [-0.3, -0.25) is 4.79 Å². The van der Waals surface area contributed by atoms with Gasteiger partial charge in [0.2, 0.25) is 5.91 Å². The number of halogens is 1. The van der Waals surface area contributed by atoms with E-state index in [1.807, 2.05) is 74.5 Å². The zero-order chi connectivity index (χ0) is 31.5. The van der Waals surface area contributed by atoms with E-state index in [-0.39, 0.29) is 35.2 Å². The number of carbonyl (C=O) groups excluding carboxylic acids is 2. The van der Waals surface area contributed by atoms with Crippen molar-refractivity contribution in [2.45, 2.75) is 63.8 Å². The molecular weight excluding hydrogens is 577 g/mol. The molecule has 1 saturated heterocycles. The summed E-state index contributed by atoms with van der Waals surface area (Å²) in [4.78, 5) is 28.1. The Morgan fingerprint density at radius 3 is 2.16 bits per heavy atom. The number of hydrogen-bond acceptors (Lipinski definition) is 4. The fourth-order valence-electron chi connectivity index (χ4n) is 5.57. The van der Waals surface area contributed by atoms with E-state index in [1.165, 1.54) is 12.1 Å². The molecule has 0 aliphatic carbocycles. The van der Waals surface area contributed by atoms with Gasteiger partial charge < -0.3 is 31.3 Å². The molecule has 10 heteroatoms. The van der Waals surface area contributed by atoms with Crippen LogP contribution in [0.1, 0.15) is 37.8 Å². The van der Waals surface area contributed by atoms with Crippen LogP contribution in [0.3, 0.4) is 0 Å². The second kappa shape index (κ2) is 16.2. The summed E-state index contributed by atoms with van der Waals surface area (Å²) in [6.45, 7) is 4.97. The first-order valence-corrected chi connectivity index (χ1v) is 15.5. The molecule has 1 aliphatic rings. The molecule has 0 saturated carbocycles. The van der Waals surface area contributed by atoms with Gasteiger partial charge in [-0.05, 0) is 79.2 Å². The largest absolute Gasteiger partial charge is 0.391 e. The van der Waals surface area contributed by atoms with E-state index in [2.05, 4.69) is 21.3 Å². The molecule has 0 spiro atoms. The van der Waals surface area contributed by atoms with Crippen molar-refractivity contribution in [3.8, 4) is 0 Å². The van der Waals surface area contributed by atoms with Crippen LogP contribution in [0, 0.1) is 11.7 Å². The third-order valence-corrected chi connectivity index (χ3v) is 7.95. The van der Waals surface area contributed by atoms with Crippen molar-refractivity contribution in [3.05, 3.63) is 102 Å². The van der Waals surface area contributed by atoms with Gasteiger partial charge in [-0.1, -0.05) is 74.5 Å². The summed E-state index contributed by atoms with van der Waals surface area (Å²) in [7, 11) is 0. The van der Waals surface area contributed by atoms with Crippen LogP contribution in [0.4, 0.5) is 14.9 Å². The minimum atomic E-state index is -0.909. The van der Waals surface area contributed by atoms with Crippen LogP contribution in [0.5, 0.6) is 0 Å². The Kier molecular flexibility index (Phi) is 12.1. The van der Waals surface area contributed by atoms with Crippen molar-refractivity contribution in [1.29, 1.82) is 0 Å². The van der Waals surface area contributed by atoms with Crippen molar-refractivity contribution in [2.24, 2.45) is 5.92 Å². The smallest absolute Gasteiger partial charge is 0.318 e. The average Bonchev–Trinajstić information content (AvgIpc) is 3.00. The number of carbonyl (C=O) groups is 2. The lowest BCUT2D eigenvalue weighted by atomic mass is 9.93. The fraction of sp³-hybridized carbons (Fsp3) is 0.382. The van der Waals surface area contributed by atoms with Crippen LogP contribution in [0.25, 0.3) is 0 Å². The molecule has 234 valence electrons. The summed E-state index contributed by atoms with van der Waals surface area (Å²) in [5.74, 6) is -0.700. The highest BCUT2D eigenvalue weighted by atomic mass is 32.1. The molecule has 3 aromatic rings. The number of nitrogens with zero attached hydrogens (tertiary/aromatic N) is 1. The van der Waals surface area contributed by atoms with Gasteiger partial charge in [-0.25, -0.2) is 9.18 Å². The average molecular weight is 620 g/mol. The van der Waals surface area contributed by atoms with Gasteiger partial charge in [-0.2, -0.15) is 0 Å². The van der Waals surface area contributed by atoms with Gasteiger partial charge >= 0.3 is 6.03 Å². The lowest BCUT2D eigenvalue weighted by molar-refractivity contribution is -0.128. The third kappa shape index (κ3) is 9.75. The van der Waals surface area contributed by atoms with Crippen molar-refractivity contribution < 1.29 is 19.1 Å². The van der Waals surface area contributed by atoms with E-state index in [0.717, 1.165) is 17.5 Å². The van der Waals surface area contributed by atoms with Gasteiger partial charge in [0.05, 0.1) is 12.1 Å². The summed E-state index contributed by atoms with van der Waals surface area (Å²) in [5.41, 5.74) is 2.64. The maximum atomic E-state index is 13.8. The van der Waals surface area contributed by atoms with Crippen LogP contribution in [-0.4, -0.2) is 64.4 Å². The summed E-state index contributed by atoms with van der Waals surface area (Å²) >= 11 is 5.58.